The number of likely N-dealkylation sites (N-methyl/N-ethyl adjacent to an activating group) is 1. The van der Waals surface area contributed by atoms with E-state index >= 15 is 0 Å². The van der Waals surface area contributed by atoms with E-state index in [9.17, 15) is 13.6 Å². The molecule has 0 atom stereocenters. The van der Waals surface area contributed by atoms with Crippen molar-refractivity contribution in [3.05, 3.63) is 40.7 Å². The summed E-state index contributed by atoms with van der Waals surface area (Å²) in [5.74, 6) is -0.0484. The van der Waals surface area contributed by atoms with E-state index in [2.05, 4.69) is 9.71 Å². The van der Waals surface area contributed by atoms with Crippen LogP contribution in [0.25, 0.3) is 10.9 Å². The summed E-state index contributed by atoms with van der Waals surface area (Å²) in [7, 11) is 1.34. The fourth-order valence-corrected chi connectivity index (χ4v) is 2.97. The number of hydroxylamine groups is 3. The Hall–Kier alpha value is -1.41. The Balaban J connectivity index is 2.29. The van der Waals surface area contributed by atoms with Crippen LogP contribution in [0.4, 0.5) is 0 Å². The van der Waals surface area contributed by atoms with Gasteiger partial charge in [0.05, 0.1) is 26.4 Å². The number of quaternary nitrogens is 1. The van der Waals surface area contributed by atoms with E-state index in [1.165, 1.54) is 7.05 Å². The molecule has 0 radical (unpaired) electrons. The molecule has 0 saturated carbocycles. The van der Waals surface area contributed by atoms with Crippen LogP contribution in [-0.2, 0) is 22.2 Å². The predicted octanol–water partition coefficient (Wildman–Crippen LogP) is 1.33. The molecule has 0 aliphatic rings. The Kier molecular flexibility index (Phi) is 4.38. The SMILES string of the molecule is CNS(=O)(=O)Cc1ccc2[nH]cc(CC[N+](C)(C)[O-])c2c1. The largest absolute Gasteiger partial charge is 0.633 e. The van der Waals surface area contributed by atoms with Crippen molar-refractivity contribution >= 4 is 20.9 Å². The van der Waals surface area contributed by atoms with Gasteiger partial charge < -0.3 is 14.8 Å². The number of benzene rings is 1. The third kappa shape index (κ3) is 4.28. The van der Waals surface area contributed by atoms with Crippen molar-refractivity contribution < 1.29 is 13.1 Å². The molecule has 1 heterocycles. The summed E-state index contributed by atoms with van der Waals surface area (Å²) >= 11 is 0. The van der Waals surface area contributed by atoms with Gasteiger partial charge in [0, 0.05) is 23.5 Å². The topological polar surface area (TPSA) is 85.0 Å². The van der Waals surface area contributed by atoms with E-state index in [4.69, 9.17) is 0 Å². The molecular formula is C14H21N3O3S. The van der Waals surface area contributed by atoms with Gasteiger partial charge in [0.15, 0.2) is 0 Å². The third-order valence-corrected chi connectivity index (χ3v) is 4.75. The lowest BCUT2D eigenvalue weighted by molar-refractivity contribution is -0.839. The zero-order valence-corrected chi connectivity index (χ0v) is 13.3. The van der Waals surface area contributed by atoms with Crippen molar-refractivity contribution in [3.63, 3.8) is 0 Å². The van der Waals surface area contributed by atoms with Gasteiger partial charge in [-0.25, -0.2) is 13.1 Å². The minimum absolute atomic E-state index is 0.0484. The van der Waals surface area contributed by atoms with Gasteiger partial charge in [-0.05, 0) is 30.3 Å². The second-order valence-corrected chi connectivity index (χ2v) is 7.63. The highest BCUT2D eigenvalue weighted by atomic mass is 32.2. The van der Waals surface area contributed by atoms with Gasteiger partial charge in [-0.2, -0.15) is 0 Å². The van der Waals surface area contributed by atoms with Crippen LogP contribution in [0.3, 0.4) is 0 Å². The molecule has 0 aliphatic heterocycles. The molecule has 2 rings (SSSR count). The molecule has 116 valence electrons. The third-order valence-electron chi connectivity index (χ3n) is 3.42. The van der Waals surface area contributed by atoms with Crippen molar-refractivity contribution in [2.75, 3.05) is 27.7 Å². The van der Waals surface area contributed by atoms with Crippen LogP contribution in [0.2, 0.25) is 0 Å². The predicted molar refractivity (Wildman–Crippen MR) is 84.0 cm³/mol. The normalized spacial score (nSPS) is 13.0. The summed E-state index contributed by atoms with van der Waals surface area (Å²) in [6, 6.07) is 5.54. The number of sulfonamides is 1. The Bertz CT molecular complexity index is 729. The number of nitrogens with one attached hydrogen (secondary N) is 2. The fourth-order valence-electron chi connectivity index (χ4n) is 2.20. The summed E-state index contributed by atoms with van der Waals surface area (Å²) in [4.78, 5) is 3.15. The Labute approximate surface area is 125 Å². The molecule has 1 aromatic carbocycles. The minimum Gasteiger partial charge on any atom is -0.633 e. The first-order valence-electron chi connectivity index (χ1n) is 6.74. The molecule has 1 aromatic heterocycles. The van der Waals surface area contributed by atoms with Crippen LogP contribution in [0.15, 0.2) is 24.4 Å². The number of aromatic nitrogens is 1. The molecule has 2 N–H and O–H groups in total. The van der Waals surface area contributed by atoms with Gasteiger partial charge in [-0.15, -0.1) is 0 Å². The van der Waals surface area contributed by atoms with Crippen LogP contribution in [0, 0.1) is 5.21 Å². The van der Waals surface area contributed by atoms with Crippen molar-refractivity contribution in [2.45, 2.75) is 12.2 Å². The highest BCUT2D eigenvalue weighted by Gasteiger charge is 2.12. The molecule has 0 amide bonds. The van der Waals surface area contributed by atoms with Crippen LogP contribution in [0.1, 0.15) is 11.1 Å². The molecular weight excluding hydrogens is 290 g/mol. The number of fused-ring (bicyclic) bond motifs is 1. The first kappa shape index (κ1) is 16.0. The van der Waals surface area contributed by atoms with Gasteiger partial charge in [0.1, 0.15) is 0 Å². The summed E-state index contributed by atoms with van der Waals surface area (Å²) in [6.07, 6.45) is 2.54. The van der Waals surface area contributed by atoms with Gasteiger partial charge in [0.25, 0.3) is 0 Å². The van der Waals surface area contributed by atoms with Crippen molar-refractivity contribution in [2.24, 2.45) is 0 Å². The van der Waals surface area contributed by atoms with Gasteiger partial charge in [-0.3, -0.25) is 0 Å². The smallest absolute Gasteiger partial charge is 0.215 e. The van der Waals surface area contributed by atoms with E-state index in [0.717, 1.165) is 22.0 Å². The fraction of sp³-hybridized carbons (Fsp3) is 0.429. The summed E-state index contributed by atoms with van der Waals surface area (Å²) < 4.78 is 25.2. The average molecular weight is 311 g/mol. The lowest BCUT2D eigenvalue weighted by atomic mass is 10.1. The summed E-state index contributed by atoms with van der Waals surface area (Å²) in [6.45, 7) is 0.478. The maximum atomic E-state index is 11.7. The molecule has 21 heavy (non-hydrogen) atoms. The average Bonchev–Trinajstić information content (AvgIpc) is 2.77. The van der Waals surface area contributed by atoms with E-state index < -0.39 is 10.0 Å². The first-order chi connectivity index (χ1) is 9.70. The lowest BCUT2D eigenvalue weighted by Gasteiger charge is -2.33. The molecule has 6 nitrogen and oxygen atoms in total. The summed E-state index contributed by atoms with van der Waals surface area (Å²) in [5, 5.41) is 12.6. The summed E-state index contributed by atoms with van der Waals surface area (Å²) in [5.41, 5.74) is 2.72. The maximum absolute atomic E-state index is 11.7. The number of aromatic amines is 1. The molecule has 0 aliphatic carbocycles. The zero-order chi connectivity index (χ0) is 15.7. The molecule has 0 fully saturated rings. The molecule has 0 bridgehead atoms. The van der Waals surface area contributed by atoms with E-state index in [0.29, 0.717) is 13.0 Å². The molecule has 0 spiro atoms. The second kappa shape index (κ2) is 5.76. The van der Waals surface area contributed by atoms with Crippen LogP contribution >= 0.6 is 0 Å². The minimum atomic E-state index is -3.29. The van der Waals surface area contributed by atoms with E-state index in [-0.39, 0.29) is 10.4 Å². The molecule has 2 aromatic rings. The number of nitrogens with zero attached hydrogens (tertiary/aromatic N) is 1. The van der Waals surface area contributed by atoms with Gasteiger partial charge in [0.2, 0.25) is 10.0 Å². The van der Waals surface area contributed by atoms with Gasteiger partial charge in [-0.1, -0.05) is 6.07 Å². The monoisotopic (exact) mass is 311 g/mol. The van der Waals surface area contributed by atoms with Crippen LogP contribution < -0.4 is 4.72 Å². The quantitative estimate of drug-likeness (QED) is 0.623. The highest BCUT2D eigenvalue weighted by Crippen LogP contribution is 2.22. The number of rotatable bonds is 6. The van der Waals surface area contributed by atoms with Crippen molar-refractivity contribution in [1.82, 2.24) is 9.71 Å². The van der Waals surface area contributed by atoms with Gasteiger partial charge >= 0.3 is 0 Å². The Morgan fingerprint density at radius 1 is 1.33 bits per heavy atom. The van der Waals surface area contributed by atoms with Crippen LogP contribution in [-0.4, -0.2) is 45.7 Å². The van der Waals surface area contributed by atoms with E-state index in [1.807, 2.05) is 18.3 Å². The molecule has 7 heteroatoms. The first-order valence-corrected chi connectivity index (χ1v) is 8.39. The Morgan fingerprint density at radius 2 is 2.05 bits per heavy atom. The molecule has 0 saturated heterocycles. The zero-order valence-electron chi connectivity index (χ0n) is 12.5. The maximum Gasteiger partial charge on any atom is 0.215 e. The van der Waals surface area contributed by atoms with Crippen molar-refractivity contribution in [3.8, 4) is 0 Å². The highest BCUT2D eigenvalue weighted by molar-refractivity contribution is 7.88. The molecule has 0 unspecified atom stereocenters. The lowest BCUT2D eigenvalue weighted by Crippen LogP contribution is -2.34. The second-order valence-electron chi connectivity index (χ2n) is 5.70. The number of H-pyrrole nitrogens is 1. The van der Waals surface area contributed by atoms with Crippen molar-refractivity contribution in [1.29, 1.82) is 0 Å². The number of hydrogen-bond donors (Lipinski definition) is 2. The standard InChI is InChI=1S/C14H21N3O3S/c1-15-21(19,20)10-11-4-5-14-13(8-11)12(9-16-14)6-7-17(2,3)18/h4-5,8-9,15-16H,6-7,10H2,1-3H3. The number of hydrogen-bond acceptors (Lipinski definition) is 3. The van der Waals surface area contributed by atoms with E-state index in [1.54, 1.807) is 20.2 Å². The Morgan fingerprint density at radius 3 is 2.67 bits per heavy atom. The van der Waals surface area contributed by atoms with Crippen LogP contribution in [0.5, 0.6) is 0 Å².